The van der Waals surface area contributed by atoms with Crippen LogP contribution in [0.1, 0.15) is 26.2 Å². The molecule has 0 aliphatic carbocycles. The maximum atomic E-state index is 11.3. The van der Waals surface area contributed by atoms with Crippen LogP contribution in [-0.2, 0) is 14.4 Å². The molecule has 0 saturated carbocycles. The van der Waals surface area contributed by atoms with Gasteiger partial charge in [0.1, 0.15) is 12.3 Å². The van der Waals surface area contributed by atoms with Crippen LogP contribution < -0.4 is 0 Å². The Hall–Kier alpha value is -1.43. The van der Waals surface area contributed by atoms with Gasteiger partial charge in [-0.1, -0.05) is 34.6 Å². The van der Waals surface area contributed by atoms with Gasteiger partial charge in [0.25, 0.3) is 0 Å². The van der Waals surface area contributed by atoms with E-state index in [2.05, 4.69) is 32.7 Å². The van der Waals surface area contributed by atoms with Crippen molar-refractivity contribution in [2.24, 2.45) is 10.1 Å². The molecule has 0 radical (unpaired) electrons. The van der Waals surface area contributed by atoms with Crippen molar-refractivity contribution in [2.45, 2.75) is 32.3 Å². The van der Waals surface area contributed by atoms with E-state index in [4.69, 9.17) is 9.57 Å². The van der Waals surface area contributed by atoms with Gasteiger partial charge in [-0.3, -0.25) is 9.79 Å². The third-order valence-electron chi connectivity index (χ3n) is 2.58. The van der Waals surface area contributed by atoms with E-state index < -0.39 is 0 Å². The molecule has 0 saturated heterocycles. The Kier molecular flexibility index (Phi) is 7.22. The minimum atomic E-state index is -0.233. The number of rotatable bonds is 7. The number of hydrogen-bond acceptors (Lipinski definition) is 5. The maximum absolute atomic E-state index is 11.3. The van der Waals surface area contributed by atoms with Crippen molar-refractivity contribution in [2.75, 3.05) is 13.7 Å². The van der Waals surface area contributed by atoms with Crippen molar-refractivity contribution < 1.29 is 14.4 Å². The molecule has 0 amide bonds. The highest BCUT2D eigenvalue weighted by Gasteiger charge is 2.24. The lowest BCUT2D eigenvalue weighted by atomic mass is 10.1. The molecule has 1 atom stereocenters. The molecule has 110 valence electrons. The first kappa shape index (κ1) is 16.6. The number of ether oxygens (including phenoxy) is 1. The molecule has 0 spiro atoms. The van der Waals surface area contributed by atoms with E-state index in [1.54, 1.807) is 13.1 Å². The first-order chi connectivity index (χ1) is 9.56. The second-order valence-electron chi connectivity index (χ2n) is 4.29. The Bertz CT molecular complexity index is 455. The number of hydrogen-bond donors (Lipinski definition) is 0. The predicted octanol–water partition coefficient (Wildman–Crippen LogP) is 3.01. The van der Waals surface area contributed by atoms with Gasteiger partial charge in [0.2, 0.25) is 0 Å². The van der Waals surface area contributed by atoms with E-state index in [9.17, 15) is 4.79 Å². The molecule has 0 N–H and O–H groups in total. The average molecular weight is 343 g/mol. The molecule has 5 nitrogen and oxygen atoms in total. The fraction of sp³-hybridized carbons (Fsp3) is 0.500. The zero-order valence-electron chi connectivity index (χ0n) is 11.8. The van der Waals surface area contributed by atoms with E-state index in [0.29, 0.717) is 12.8 Å². The van der Waals surface area contributed by atoms with Crippen molar-refractivity contribution >= 4 is 33.3 Å². The van der Waals surface area contributed by atoms with Gasteiger partial charge < -0.3 is 9.57 Å². The molecule has 0 bridgehead atoms. The molecule has 1 aliphatic rings. The molecule has 20 heavy (non-hydrogen) atoms. The largest absolute Gasteiger partial charge is 0.462 e. The number of allylic oxidation sites excluding steroid dienone is 3. The molecule has 6 heteroatoms. The monoisotopic (exact) mass is 342 g/mol. The molecule has 0 aromatic carbocycles. The number of aliphatic imine (C=N–C) groups is 1. The number of nitrogens with zero attached hydrogens (tertiary/aromatic N) is 2. The summed E-state index contributed by atoms with van der Waals surface area (Å²) >= 11 is 3.24. The van der Waals surface area contributed by atoms with E-state index in [-0.39, 0.29) is 18.7 Å². The number of oxime groups is 1. The zero-order valence-corrected chi connectivity index (χ0v) is 13.4. The van der Waals surface area contributed by atoms with Gasteiger partial charge in [0.05, 0.1) is 5.71 Å². The highest BCUT2D eigenvalue weighted by atomic mass is 79.9. The van der Waals surface area contributed by atoms with Gasteiger partial charge in [0.15, 0.2) is 6.10 Å². The fourth-order valence-corrected chi connectivity index (χ4v) is 1.73. The van der Waals surface area contributed by atoms with Gasteiger partial charge in [-0.15, -0.1) is 0 Å². The quantitative estimate of drug-likeness (QED) is 0.406. The molecule has 0 aromatic heterocycles. The molecule has 1 rings (SSSR count). The molecule has 1 heterocycles. The summed E-state index contributed by atoms with van der Waals surface area (Å²) in [4.78, 5) is 20.7. The normalized spacial score (nSPS) is 18.9. The van der Waals surface area contributed by atoms with Crippen molar-refractivity contribution in [1.29, 1.82) is 0 Å². The molecule has 1 aliphatic heterocycles. The second kappa shape index (κ2) is 8.68. The van der Waals surface area contributed by atoms with Crippen LogP contribution >= 0.6 is 15.9 Å². The van der Waals surface area contributed by atoms with Crippen LogP contribution in [0.4, 0.5) is 0 Å². The van der Waals surface area contributed by atoms with Gasteiger partial charge in [-0.2, -0.15) is 0 Å². The smallest absolute Gasteiger partial charge is 0.305 e. The number of carbonyl (C=O) groups is 1. The summed E-state index contributed by atoms with van der Waals surface area (Å²) in [6, 6.07) is 0. The Labute approximate surface area is 127 Å². The highest BCUT2D eigenvalue weighted by molar-refractivity contribution is 9.11. The third kappa shape index (κ3) is 5.69. The van der Waals surface area contributed by atoms with Gasteiger partial charge >= 0.3 is 5.97 Å². The van der Waals surface area contributed by atoms with E-state index in [0.717, 1.165) is 22.3 Å². The molecule has 0 aromatic rings. The minimum Gasteiger partial charge on any atom is -0.462 e. The third-order valence-corrected chi connectivity index (χ3v) is 2.84. The first-order valence-electron chi connectivity index (χ1n) is 6.44. The lowest BCUT2D eigenvalue weighted by Crippen LogP contribution is -2.20. The van der Waals surface area contributed by atoms with E-state index in [1.807, 2.05) is 13.0 Å². The van der Waals surface area contributed by atoms with Gasteiger partial charge in [-0.05, 0) is 18.6 Å². The molecular formula is C14H19BrN2O3. The molecular weight excluding hydrogens is 324 g/mol. The van der Waals surface area contributed by atoms with Crippen molar-refractivity contribution in [3.05, 3.63) is 23.2 Å². The standard InChI is InChI=1S/C14H19BrN2O3/c1-4-5-14(18)19-9-11-8-13(17-20-11)12(16-3)7-6-10(2)15/h6-7,11H,2,4-5,8-9H2,1,3H3/b7-6-,16-12?. The lowest BCUT2D eigenvalue weighted by molar-refractivity contribution is -0.147. The second-order valence-corrected chi connectivity index (χ2v) is 5.31. The van der Waals surface area contributed by atoms with Crippen LogP contribution in [0.5, 0.6) is 0 Å². The summed E-state index contributed by atoms with van der Waals surface area (Å²) in [5.74, 6) is -0.204. The van der Waals surface area contributed by atoms with Gasteiger partial charge in [-0.25, -0.2) is 0 Å². The highest BCUT2D eigenvalue weighted by Crippen LogP contribution is 2.14. The summed E-state index contributed by atoms with van der Waals surface area (Å²) in [5.41, 5.74) is 1.47. The van der Waals surface area contributed by atoms with Crippen LogP contribution in [-0.4, -0.2) is 37.2 Å². The van der Waals surface area contributed by atoms with E-state index >= 15 is 0 Å². The average Bonchev–Trinajstić information content (AvgIpc) is 2.86. The van der Waals surface area contributed by atoms with Gasteiger partial charge in [0, 0.05) is 24.4 Å². The van der Waals surface area contributed by atoms with Crippen molar-refractivity contribution in [3.63, 3.8) is 0 Å². The molecule has 0 fully saturated rings. The summed E-state index contributed by atoms with van der Waals surface area (Å²) in [5, 5.41) is 3.99. The summed E-state index contributed by atoms with van der Waals surface area (Å²) in [6.45, 7) is 5.87. The molecule has 1 unspecified atom stereocenters. The maximum Gasteiger partial charge on any atom is 0.305 e. The van der Waals surface area contributed by atoms with Crippen molar-refractivity contribution in [1.82, 2.24) is 0 Å². The Morgan fingerprint density at radius 3 is 3.00 bits per heavy atom. The first-order valence-corrected chi connectivity index (χ1v) is 7.24. The number of esters is 1. The van der Waals surface area contributed by atoms with Crippen LogP contribution in [0.25, 0.3) is 0 Å². The van der Waals surface area contributed by atoms with E-state index in [1.165, 1.54) is 0 Å². The fourth-order valence-electron chi connectivity index (χ4n) is 1.60. The SMILES string of the molecule is C=C(Br)/C=C\C(=NC)C1=NOC(COC(=O)CCC)C1. The van der Waals surface area contributed by atoms with Crippen LogP contribution in [0, 0.1) is 0 Å². The predicted molar refractivity (Wildman–Crippen MR) is 83.4 cm³/mol. The van der Waals surface area contributed by atoms with Crippen LogP contribution in [0.15, 0.2) is 33.4 Å². The summed E-state index contributed by atoms with van der Waals surface area (Å²) in [7, 11) is 1.69. The Morgan fingerprint density at radius 1 is 1.65 bits per heavy atom. The Balaban J connectivity index is 2.45. The summed E-state index contributed by atoms with van der Waals surface area (Å²) < 4.78 is 5.86. The summed E-state index contributed by atoms with van der Waals surface area (Å²) in [6.07, 6.45) is 5.15. The van der Waals surface area contributed by atoms with Crippen molar-refractivity contribution in [3.8, 4) is 0 Å². The van der Waals surface area contributed by atoms with Crippen LogP contribution in [0.2, 0.25) is 0 Å². The zero-order chi connectivity index (χ0) is 15.0. The van der Waals surface area contributed by atoms with Crippen LogP contribution in [0.3, 0.4) is 0 Å². The Morgan fingerprint density at radius 2 is 2.40 bits per heavy atom. The topological polar surface area (TPSA) is 60.3 Å². The lowest BCUT2D eigenvalue weighted by Gasteiger charge is -2.08. The number of halogens is 1. The number of carbonyl (C=O) groups excluding carboxylic acids is 1. The minimum absolute atomic E-state index is 0.204.